The molecule has 3 rings (SSSR count). The molecule has 0 saturated carbocycles. The van der Waals surface area contributed by atoms with Gasteiger partial charge < -0.3 is 14.0 Å². The zero-order chi connectivity index (χ0) is 17.3. The largest absolute Gasteiger partial charge is 0.497 e. The van der Waals surface area contributed by atoms with Crippen molar-refractivity contribution < 1.29 is 9.47 Å². The van der Waals surface area contributed by atoms with Crippen molar-refractivity contribution in [3.63, 3.8) is 0 Å². The van der Waals surface area contributed by atoms with Gasteiger partial charge in [0.25, 0.3) is 0 Å². The molecule has 6 heteroatoms. The first kappa shape index (κ1) is 15.9. The van der Waals surface area contributed by atoms with Gasteiger partial charge in [-0.3, -0.25) is 14.2 Å². The normalized spacial score (nSPS) is 10.8. The molecule has 0 unspecified atom stereocenters. The lowest BCUT2D eigenvalue weighted by molar-refractivity contribution is 0.414. The fourth-order valence-corrected chi connectivity index (χ4v) is 2.68. The highest BCUT2D eigenvalue weighted by atomic mass is 16.5. The van der Waals surface area contributed by atoms with Gasteiger partial charge in [-0.2, -0.15) is 0 Å². The first-order valence-corrected chi connectivity index (χ1v) is 7.45. The fourth-order valence-electron chi connectivity index (χ4n) is 2.68. The summed E-state index contributed by atoms with van der Waals surface area (Å²) in [4.78, 5) is 24.7. The number of aromatic nitrogens is 2. The van der Waals surface area contributed by atoms with Gasteiger partial charge in [0.2, 0.25) is 0 Å². The molecule has 6 nitrogen and oxygen atoms in total. The van der Waals surface area contributed by atoms with Gasteiger partial charge in [-0.25, -0.2) is 0 Å². The molecule has 24 heavy (non-hydrogen) atoms. The van der Waals surface area contributed by atoms with E-state index in [0.717, 1.165) is 11.3 Å². The summed E-state index contributed by atoms with van der Waals surface area (Å²) in [5.41, 5.74) is 1.11. The fraction of sp³-hybridized carbons (Fsp3) is 0.222. The van der Waals surface area contributed by atoms with Crippen LogP contribution in [-0.4, -0.2) is 23.4 Å². The lowest BCUT2D eigenvalue weighted by Crippen LogP contribution is -2.40. The van der Waals surface area contributed by atoms with Crippen LogP contribution in [0.2, 0.25) is 0 Å². The Balaban J connectivity index is 2.21. The molecule has 0 bridgehead atoms. The van der Waals surface area contributed by atoms with Crippen LogP contribution in [0.3, 0.4) is 0 Å². The predicted molar refractivity (Wildman–Crippen MR) is 92.1 cm³/mol. The van der Waals surface area contributed by atoms with E-state index in [1.165, 1.54) is 9.13 Å². The van der Waals surface area contributed by atoms with Crippen molar-refractivity contribution in [3.05, 3.63) is 68.7 Å². The Morgan fingerprint density at radius 1 is 0.833 bits per heavy atom. The van der Waals surface area contributed by atoms with E-state index in [4.69, 9.17) is 9.47 Å². The number of methoxy groups -OCH3 is 2. The van der Waals surface area contributed by atoms with Crippen molar-refractivity contribution in [1.82, 2.24) is 9.13 Å². The molecule has 0 N–H and O–H groups in total. The minimum Gasteiger partial charge on any atom is -0.497 e. The summed E-state index contributed by atoms with van der Waals surface area (Å²) >= 11 is 0. The molecular formula is C18H18N2O4. The van der Waals surface area contributed by atoms with Gasteiger partial charge in [-0.15, -0.1) is 0 Å². The zero-order valence-corrected chi connectivity index (χ0v) is 13.8. The number of hydrogen-bond acceptors (Lipinski definition) is 4. The van der Waals surface area contributed by atoms with Gasteiger partial charge in [0.1, 0.15) is 11.5 Å². The monoisotopic (exact) mass is 326 g/mol. The summed E-state index contributed by atoms with van der Waals surface area (Å²) in [6.45, 7) is 0.294. The third-order valence-electron chi connectivity index (χ3n) is 4.07. The summed E-state index contributed by atoms with van der Waals surface area (Å²) in [7, 11) is 4.76. The van der Waals surface area contributed by atoms with Crippen LogP contribution in [0.15, 0.2) is 52.1 Å². The Morgan fingerprint density at radius 3 is 2.08 bits per heavy atom. The third-order valence-corrected chi connectivity index (χ3v) is 4.07. The van der Waals surface area contributed by atoms with Crippen LogP contribution in [0.1, 0.15) is 5.56 Å². The summed E-state index contributed by atoms with van der Waals surface area (Å²) < 4.78 is 13.2. The highest BCUT2D eigenvalue weighted by Gasteiger charge is 2.12. The Morgan fingerprint density at radius 2 is 1.46 bits per heavy atom. The summed E-state index contributed by atoms with van der Waals surface area (Å²) in [6, 6.07) is 12.7. The molecule has 0 aliphatic rings. The Labute approximate surface area is 138 Å². The second-order valence-corrected chi connectivity index (χ2v) is 5.46. The van der Waals surface area contributed by atoms with Gasteiger partial charge in [-0.05, 0) is 29.8 Å². The SMILES string of the molecule is COc1ccc(Cn2c(=O)c(=O)n(C)c3ccc(OC)cc32)cc1. The molecule has 0 spiro atoms. The molecular weight excluding hydrogens is 308 g/mol. The number of hydrogen-bond donors (Lipinski definition) is 0. The maximum Gasteiger partial charge on any atom is 0.317 e. The van der Waals surface area contributed by atoms with E-state index in [-0.39, 0.29) is 0 Å². The number of ether oxygens (including phenoxy) is 2. The molecule has 0 atom stereocenters. The molecule has 3 aromatic rings. The van der Waals surface area contributed by atoms with E-state index in [1.807, 2.05) is 24.3 Å². The Kier molecular flexibility index (Phi) is 4.12. The van der Waals surface area contributed by atoms with Gasteiger partial charge in [0, 0.05) is 13.1 Å². The quantitative estimate of drug-likeness (QED) is 0.686. The Hall–Kier alpha value is -3.02. The smallest absolute Gasteiger partial charge is 0.317 e. The maximum atomic E-state index is 12.5. The molecule has 1 aromatic heterocycles. The average Bonchev–Trinajstić information content (AvgIpc) is 2.63. The molecule has 124 valence electrons. The second-order valence-electron chi connectivity index (χ2n) is 5.46. The van der Waals surface area contributed by atoms with E-state index in [1.54, 1.807) is 39.5 Å². The van der Waals surface area contributed by atoms with E-state index < -0.39 is 11.1 Å². The minimum atomic E-state index is -0.561. The lowest BCUT2D eigenvalue weighted by atomic mass is 10.2. The molecule has 2 aromatic carbocycles. The van der Waals surface area contributed by atoms with Crippen LogP contribution >= 0.6 is 0 Å². The number of rotatable bonds is 4. The molecule has 0 aliphatic heterocycles. The van der Waals surface area contributed by atoms with E-state index in [2.05, 4.69) is 0 Å². The van der Waals surface area contributed by atoms with Crippen molar-refractivity contribution in [3.8, 4) is 11.5 Å². The zero-order valence-electron chi connectivity index (χ0n) is 13.8. The minimum absolute atomic E-state index is 0.294. The van der Waals surface area contributed by atoms with Crippen LogP contribution in [0.5, 0.6) is 11.5 Å². The molecule has 0 radical (unpaired) electrons. The van der Waals surface area contributed by atoms with Crippen LogP contribution in [0.4, 0.5) is 0 Å². The maximum absolute atomic E-state index is 12.5. The lowest BCUT2D eigenvalue weighted by Gasteiger charge is -2.14. The topological polar surface area (TPSA) is 62.5 Å². The number of fused-ring (bicyclic) bond motifs is 1. The number of nitrogens with zero attached hydrogens (tertiary/aromatic N) is 2. The van der Waals surface area contributed by atoms with Gasteiger partial charge in [0.05, 0.1) is 31.8 Å². The molecule has 1 heterocycles. The summed E-state index contributed by atoms with van der Waals surface area (Å²) in [5.74, 6) is 1.37. The summed E-state index contributed by atoms with van der Waals surface area (Å²) in [6.07, 6.45) is 0. The van der Waals surface area contributed by atoms with Crippen molar-refractivity contribution in [2.45, 2.75) is 6.54 Å². The summed E-state index contributed by atoms with van der Waals surface area (Å²) in [5, 5.41) is 0. The van der Waals surface area contributed by atoms with Gasteiger partial charge in [-0.1, -0.05) is 12.1 Å². The van der Waals surface area contributed by atoms with E-state index >= 15 is 0 Å². The molecule has 0 aliphatic carbocycles. The van der Waals surface area contributed by atoms with Gasteiger partial charge >= 0.3 is 11.1 Å². The first-order chi connectivity index (χ1) is 11.5. The Bertz CT molecular complexity index is 1000. The van der Waals surface area contributed by atoms with E-state index in [0.29, 0.717) is 23.3 Å². The molecule has 0 saturated heterocycles. The van der Waals surface area contributed by atoms with E-state index in [9.17, 15) is 9.59 Å². The van der Waals surface area contributed by atoms with Crippen LogP contribution in [-0.2, 0) is 13.6 Å². The highest BCUT2D eigenvalue weighted by molar-refractivity contribution is 5.77. The van der Waals surface area contributed by atoms with Crippen molar-refractivity contribution in [2.24, 2.45) is 7.05 Å². The molecule has 0 fully saturated rings. The standard InChI is InChI=1S/C18H18N2O4/c1-19-15-9-8-14(24-3)10-16(15)20(18(22)17(19)21)11-12-4-6-13(23-2)7-5-12/h4-10H,11H2,1-3H3. The second kappa shape index (κ2) is 6.23. The van der Waals surface area contributed by atoms with Crippen molar-refractivity contribution >= 4 is 11.0 Å². The van der Waals surface area contributed by atoms with Crippen molar-refractivity contribution in [1.29, 1.82) is 0 Å². The van der Waals surface area contributed by atoms with Gasteiger partial charge in [0.15, 0.2) is 0 Å². The number of aryl methyl sites for hydroxylation is 1. The van der Waals surface area contributed by atoms with Crippen LogP contribution in [0, 0.1) is 0 Å². The average molecular weight is 326 g/mol. The third kappa shape index (κ3) is 2.67. The number of benzene rings is 2. The highest BCUT2D eigenvalue weighted by Crippen LogP contribution is 2.19. The predicted octanol–water partition coefficient (Wildman–Crippen LogP) is 1.77. The molecule has 0 amide bonds. The van der Waals surface area contributed by atoms with Crippen LogP contribution in [0.25, 0.3) is 11.0 Å². The first-order valence-electron chi connectivity index (χ1n) is 7.45. The van der Waals surface area contributed by atoms with Crippen LogP contribution < -0.4 is 20.6 Å². The van der Waals surface area contributed by atoms with Crippen molar-refractivity contribution in [2.75, 3.05) is 14.2 Å².